The van der Waals surface area contributed by atoms with E-state index in [0.717, 1.165) is 12.3 Å². The van der Waals surface area contributed by atoms with Gasteiger partial charge in [0.05, 0.1) is 0 Å². The molecule has 1 fully saturated rings. The number of rotatable bonds is 2. The van der Waals surface area contributed by atoms with E-state index < -0.39 is 17.5 Å². The van der Waals surface area contributed by atoms with Gasteiger partial charge in [-0.3, -0.25) is 4.98 Å². The lowest BCUT2D eigenvalue weighted by atomic mass is 9.88. The molecule has 1 aliphatic rings. The predicted octanol–water partition coefficient (Wildman–Crippen LogP) is 3.16. The van der Waals surface area contributed by atoms with Crippen molar-refractivity contribution in [2.45, 2.75) is 31.1 Å². The van der Waals surface area contributed by atoms with Crippen molar-refractivity contribution in [3.63, 3.8) is 0 Å². The van der Waals surface area contributed by atoms with Crippen molar-refractivity contribution in [3.05, 3.63) is 29.6 Å². The van der Waals surface area contributed by atoms with Gasteiger partial charge in [0.25, 0.3) is 0 Å². The fraction of sp³-hybridized carbons (Fsp3) is 0.583. The molecule has 0 bridgehead atoms. The van der Waals surface area contributed by atoms with E-state index in [1.54, 1.807) is 0 Å². The van der Waals surface area contributed by atoms with Gasteiger partial charge in [-0.05, 0) is 37.6 Å². The lowest BCUT2D eigenvalue weighted by Crippen LogP contribution is -2.40. The number of alkyl halides is 4. The molecular weight excluding hydrogens is 284 g/mol. The smallest absolute Gasteiger partial charge is 0.316 e. The number of piperidine rings is 1. The molecule has 7 heteroatoms. The summed E-state index contributed by atoms with van der Waals surface area (Å²) in [6.07, 6.45) is -2.44. The van der Waals surface area contributed by atoms with Crippen LogP contribution in [-0.4, -0.2) is 23.7 Å². The summed E-state index contributed by atoms with van der Waals surface area (Å²) in [5.74, 6) is 0. The van der Waals surface area contributed by atoms with Crippen LogP contribution in [-0.2, 0) is 12.6 Å². The highest BCUT2D eigenvalue weighted by atomic mass is 35.5. The Morgan fingerprint density at radius 1 is 1.21 bits per heavy atom. The van der Waals surface area contributed by atoms with Crippen molar-refractivity contribution < 1.29 is 17.6 Å². The fourth-order valence-electron chi connectivity index (χ4n) is 2.11. The van der Waals surface area contributed by atoms with Gasteiger partial charge in [-0.15, -0.1) is 12.4 Å². The molecule has 2 heterocycles. The molecule has 1 aromatic heterocycles. The Bertz CT molecular complexity index is 399. The Labute approximate surface area is 115 Å². The summed E-state index contributed by atoms with van der Waals surface area (Å²) >= 11 is 0. The molecule has 0 aliphatic carbocycles. The van der Waals surface area contributed by atoms with Crippen molar-refractivity contribution in [2.24, 2.45) is 0 Å². The van der Waals surface area contributed by atoms with E-state index in [-0.39, 0.29) is 18.8 Å². The molecule has 19 heavy (non-hydrogen) atoms. The number of nitrogens with zero attached hydrogens (tertiary/aromatic N) is 1. The van der Waals surface area contributed by atoms with Crippen LogP contribution in [0.2, 0.25) is 0 Å². The van der Waals surface area contributed by atoms with E-state index in [0.29, 0.717) is 31.5 Å². The summed E-state index contributed by atoms with van der Waals surface area (Å²) < 4.78 is 51.2. The molecule has 1 saturated heterocycles. The first-order valence-corrected chi connectivity index (χ1v) is 5.81. The molecular formula is C12H15ClF4N2. The summed E-state index contributed by atoms with van der Waals surface area (Å²) in [5, 5.41) is 3.05. The number of pyridine rings is 1. The molecule has 2 nitrogen and oxygen atoms in total. The second kappa shape index (κ2) is 6.05. The monoisotopic (exact) mass is 298 g/mol. The molecule has 1 aromatic rings. The third kappa shape index (κ3) is 4.31. The van der Waals surface area contributed by atoms with Crippen molar-refractivity contribution in [2.75, 3.05) is 13.1 Å². The molecule has 0 spiro atoms. The Morgan fingerprint density at radius 3 is 2.32 bits per heavy atom. The molecule has 0 amide bonds. The molecule has 1 aliphatic heterocycles. The largest absolute Gasteiger partial charge is 0.433 e. The molecule has 1 N–H and O–H groups in total. The van der Waals surface area contributed by atoms with Crippen LogP contribution in [0.25, 0.3) is 0 Å². The van der Waals surface area contributed by atoms with Gasteiger partial charge >= 0.3 is 6.18 Å². The minimum Gasteiger partial charge on any atom is -0.316 e. The standard InChI is InChI=1S/C12H14F4N2.ClH/c13-11(3-5-17-6-4-11)7-9-1-2-10(18-8-9)12(14,15)16;/h1-2,8,17H,3-7H2;1H. The zero-order valence-electron chi connectivity index (χ0n) is 10.1. The van der Waals surface area contributed by atoms with Gasteiger partial charge in [0.1, 0.15) is 11.4 Å². The van der Waals surface area contributed by atoms with E-state index in [9.17, 15) is 17.6 Å². The second-order valence-electron chi connectivity index (χ2n) is 4.63. The maximum Gasteiger partial charge on any atom is 0.433 e. The molecule has 0 saturated carbocycles. The number of hydrogen-bond acceptors (Lipinski definition) is 2. The van der Waals surface area contributed by atoms with Gasteiger partial charge in [-0.1, -0.05) is 6.07 Å². The van der Waals surface area contributed by atoms with Crippen LogP contribution in [0.1, 0.15) is 24.1 Å². The van der Waals surface area contributed by atoms with Gasteiger partial charge < -0.3 is 5.32 Å². The molecule has 0 aromatic carbocycles. The van der Waals surface area contributed by atoms with Gasteiger partial charge in [0.15, 0.2) is 0 Å². The maximum atomic E-state index is 14.3. The highest BCUT2D eigenvalue weighted by molar-refractivity contribution is 5.85. The SMILES string of the molecule is Cl.FC1(Cc2ccc(C(F)(F)F)nc2)CCNCC1. The third-order valence-corrected chi connectivity index (χ3v) is 3.14. The Kier molecular flexibility index (Phi) is 5.15. The van der Waals surface area contributed by atoms with Crippen LogP contribution in [0, 0.1) is 0 Å². The highest BCUT2D eigenvalue weighted by Gasteiger charge is 2.34. The van der Waals surface area contributed by atoms with Crippen molar-refractivity contribution in [3.8, 4) is 0 Å². The second-order valence-corrected chi connectivity index (χ2v) is 4.63. The zero-order chi connectivity index (χ0) is 13.2. The van der Waals surface area contributed by atoms with Gasteiger partial charge in [0, 0.05) is 12.6 Å². The summed E-state index contributed by atoms with van der Waals surface area (Å²) in [6, 6.07) is 2.21. The molecule has 2 rings (SSSR count). The average molecular weight is 299 g/mol. The first kappa shape index (κ1) is 16.2. The van der Waals surface area contributed by atoms with Crippen molar-refractivity contribution in [1.82, 2.24) is 10.3 Å². The molecule has 0 atom stereocenters. The third-order valence-electron chi connectivity index (χ3n) is 3.14. The van der Waals surface area contributed by atoms with Gasteiger partial charge in [-0.25, -0.2) is 4.39 Å². The Hall–Kier alpha value is -0.880. The van der Waals surface area contributed by atoms with E-state index >= 15 is 0 Å². The zero-order valence-corrected chi connectivity index (χ0v) is 11.0. The van der Waals surface area contributed by atoms with Gasteiger partial charge in [0.2, 0.25) is 0 Å². The van der Waals surface area contributed by atoms with Crippen LogP contribution >= 0.6 is 12.4 Å². The summed E-state index contributed by atoms with van der Waals surface area (Å²) in [5.41, 5.74) is -1.76. The predicted molar refractivity (Wildman–Crippen MR) is 66.1 cm³/mol. The fourth-order valence-corrected chi connectivity index (χ4v) is 2.11. The van der Waals surface area contributed by atoms with E-state index in [4.69, 9.17) is 0 Å². The first-order valence-electron chi connectivity index (χ1n) is 5.81. The molecule has 0 unspecified atom stereocenters. The topological polar surface area (TPSA) is 24.9 Å². The van der Waals surface area contributed by atoms with E-state index in [1.807, 2.05) is 0 Å². The number of hydrogen-bond donors (Lipinski definition) is 1. The summed E-state index contributed by atoms with van der Waals surface area (Å²) in [6.45, 7) is 1.20. The van der Waals surface area contributed by atoms with Crippen LogP contribution in [0.3, 0.4) is 0 Å². The van der Waals surface area contributed by atoms with Crippen molar-refractivity contribution in [1.29, 1.82) is 0 Å². The molecule has 108 valence electrons. The molecule has 0 radical (unpaired) electrons. The van der Waals surface area contributed by atoms with Crippen LogP contribution < -0.4 is 5.32 Å². The van der Waals surface area contributed by atoms with Crippen molar-refractivity contribution >= 4 is 12.4 Å². The van der Waals surface area contributed by atoms with Crippen LogP contribution in [0.4, 0.5) is 17.6 Å². The minimum atomic E-state index is -4.44. The number of aromatic nitrogens is 1. The summed E-state index contributed by atoms with van der Waals surface area (Å²) in [7, 11) is 0. The Morgan fingerprint density at radius 2 is 1.84 bits per heavy atom. The van der Waals surface area contributed by atoms with E-state index in [2.05, 4.69) is 10.3 Å². The Balaban J connectivity index is 0.00000180. The number of nitrogens with one attached hydrogen (secondary N) is 1. The van der Waals surface area contributed by atoms with Crippen LogP contribution in [0.15, 0.2) is 18.3 Å². The minimum absolute atomic E-state index is 0. The van der Waals surface area contributed by atoms with Gasteiger partial charge in [-0.2, -0.15) is 13.2 Å². The average Bonchev–Trinajstić information content (AvgIpc) is 2.29. The number of halogens is 5. The van der Waals surface area contributed by atoms with Crippen LogP contribution in [0.5, 0.6) is 0 Å². The summed E-state index contributed by atoms with van der Waals surface area (Å²) in [4.78, 5) is 3.34. The first-order chi connectivity index (χ1) is 8.39. The maximum absolute atomic E-state index is 14.3. The normalized spacial score (nSPS) is 18.7. The highest BCUT2D eigenvalue weighted by Crippen LogP contribution is 2.30. The lowest BCUT2D eigenvalue weighted by molar-refractivity contribution is -0.141. The lowest BCUT2D eigenvalue weighted by Gasteiger charge is -2.30. The van der Waals surface area contributed by atoms with E-state index in [1.165, 1.54) is 6.07 Å². The quantitative estimate of drug-likeness (QED) is 0.849.